The van der Waals surface area contributed by atoms with Gasteiger partial charge in [-0.15, -0.1) is 0 Å². The fraction of sp³-hybridized carbons (Fsp3) is 0.750. The molecule has 68 valence electrons. The van der Waals surface area contributed by atoms with Crippen LogP contribution in [0.2, 0.25) is 0 Å². The average molecular weight is 168 g/mol. The first-order chi connectivity index (χ1) is 5.43. The molecule has 4 nitrogen and oxygen atoms in total. The second-order valence-corrected chi connectivity index (χ2v) is 3.93. The van der Waals surface area contributed by atoms with Gasteiger partial charge >= 0.3 is 0 Å². The number of aromatic amines is 1. The Kier molecular flexibility index (Phi) is 2.19. The molecule has 0 aliphatic heterocycles. The highest BCUT2D eigenvalue weighted by molar-refractivity contribution is 5.19. The maximum absolute atomic E-state index is 5.92. The summed E-state index contributed by atoms with van der Waals surface area (Å²) in [5.41, 5.74) is 7.33. The van der Waals surface area contributed by atoms with Crippen LogP contribution in [0.15, 0.2) is 0 Å². The second-order valence-electron chi connectivity index (χ2n) is 3.93. The van der Waals surface area contributed by atoms with Crippen molar-refractivity contribution in [1.29, 1.82) is 0 Å². The highest BCUT2D eigenvalue weighted by Crippen LogP contribution is 2.22. The van der Waals surface area contributed by atoms with Crippen LogP contribution in [0.5, 0.6) is 0 Å². The number of rotatable bonds is 2. The average Bonchev–Trinajstić information content (AvgIpc) is 2.30. The smallest absolute Gasteiger partial charge is 0.105 e. The van der Waals surface area contributed by atoms with Gasteiger partial charge in [-0.2, -0.15) is 15.4 Å². The number of nitrogens with zero attached hydrogens (tertiary/aromatic N) is 2. The highest BCUT2D eigenvalue weighted by atomic mass is 15.3. The lowest BCUT2D eigenvalue weighted by molar-refractivity contribution is 0.524. The topological polar surface area (TPSA) is 67.6 Å². The van der Waals surface area contributed by atoms with Crippen molar-refractivity contribution in [2.24, 2.45) is 5.73 Å². The van der Waals surface area contributed by atoms with Crippen LogP contribution in [0, 0.1) is 0 Å². The molecule has 0 saturated carbocycles. The van der Waals surface area contributed by atoms with Crippen molar-refractivity contribution in [3.05, 3.63) is 11.4 Å². The minimum atomic E-state index is -0.410. The lowest BCUT2D eigenvalue weighted by Crippen LogP contribution is -2.30. The Morgan fingerprint density at radius 2 is 1.92 bits per heavy atom. The summed E-state index contributed by atoms with van der Waals surface area (Å²) in [7, 11) is 0. The van der Waals surface area contributed by atoms with E-state index in [0.717, 1.165) is 11.4 Å². The van der Waals surface area contributed by atoms with Crippen molar-refractivity contribution in [2.45, 2.75) is 39.2 Å². The molecule has 0 bridgehead atoms. The van der Waals surface area contributed by atoms with E-state index in [1.54, 1.807) is 0 Å². The van der Waals surface area contributed by atoms with E-state index in [1.807, 2.05) is 13.8 Å². The first-order valence-electron chi connectivity index (χ1n) is 4.13. The molecule has 12 heavy (non-hydrogen) atoms. The maximum Gasteiger partial charge on any atom is 0.105 e. The summed E-state index contributed by atoms with van der Waals surface area (Å²) in [6.07, 6.45) is 0. The van der Waals surface area contributed by atoms with E-state index in [2.05, 4.69) is 29.3 Å². The normalized spacial score (nSPS) is 12.5. The molecule has 0 spiro atoms. The van der Waals surface area contributed by atoms with Crippen LogP contribution < -0.4 is 5.73 Å². The van der Waals surface area contributed by atoms with Crippen molar-refractivity contribution in [2.75, 3.05) is 0 Å². The van der Waals surface area contributed by atoms with Gasteiger partial charge in [-0.1, -0.05) is 13.8 Å². The molecule has 0 amide bonds. The second kappa shape index (κ2) is 2.86. The zero-order chi connectivity index (χ0) is 9.35. The predicted molar refractivity (Wildman–Crippen MR) is 47.7 cm³/mol. The van der Waals surface area contributed by atoms with Crippen LogP contribution >= 0.6 is 0 Å². The summed E-state index contributed by atoms with van der Waals surface area (Å²) in [6, 6.07) is 0. The molecule has 1 rings (SSSR count). The predicted octanol–water partition coefficient (Wildman–Crippen LogP) is 1.12. The quantitative estimate of drug-likeness (QED) is 0.695. The van der Waals surface area contributed by atoms with Gasteiger partial charge in [-0.25, -0.2) is 0 Å². The van der Waals surface area contributed by atoms with E-state index in [1.165, 1.54) is 0 Å². The number of nitrogens with two attached hydrogens (primary N) is 1. The zero-order valence-corrected chi connectivity index (χ0v) is 8.05. The minimum Gasteiger partial charge on any atom is -0.320 e. The largest absolute Gasteiger partial charge is 0.320 e. The van der Waals surface area contributed by atoms with Crippen LogP contribution in [0.25, 0.3) is 0 Å². The first-order valence-corrected chi connectivity index (χ1v) is 4.13. The standard InChI is InChI=1S/C8H16N4/c1-5(2)6-7(8(3,4)9)11-12-10-6/h5H,9H2,1-4H3,(H,10,11,12). The monoisotopic (exact) mass is 168 g/mol. The Hall–Kier alpha value is -0.900. The minimum absolute atomic E-state index is 0.363. The van der Waals surface area contributed by atoms with Gasteiger partial charge in [0.15, 0.2) is 0 Å². The number of nitrogens with one attached hydrogen (secondary N) is 1. The number of hydrogen-bond donors (Lipinski definition) is 2. The molecular weight excluding hydrogens is 152 g/mol. The van der Waals surface area contributed by atoms with Crippen molar-refractivity contribution < 1.29 is 0 Å². The maximum atomic E-state index is 5.92. The first kappa shape index (κ1) is 9.19. The molecular formula is C8H16N4. The van der Waals surface area contributed by atoms with Crippen LogP contribution in [0.1, 0.15) is 45.0 Å². The van der Waals surface area contributed by atoms with Gasteiger partial charge in [0.05, 0.1) is 11.2 Å². The van der Waals surface area contributed by atoms with Gasteiger partial charge < -0.3 is 5.73 Å². The van der Waals surface area contributed by atoms with Crippen molar-refractivity contribution >= 4 is 0 Å². The summed E-state index contributed by atoms with van der Waals surface area (Å²) in [5, 5.41) is 10.7. The molecule has 0 fully saturated rings. The molecule has 0 saturated heterocycles. The Bertz CT molecular complexity index is 256. The SMILES string of the molecule is CC(C)c1n[nH]nc1C(C)(C)N. The molecule has 0 unspecified atom stereocenters. The van der Waals surface area contributed by atoms with Gasteiger partial charge in [0.1, 0.15) is 5.69 Å². The van der Waals surface area contributed by atoms with Crippen LogP contribution in [-0.2, 0) is 5.54 Å². The third kappa shape index (κ3) is 1.64. The number of hydrogen-bond acceptors (Lipinski definition) is 3. The van der Waals surface area contributed by atoms with E-state index >= 15 is 0 Å². The Balaban J connectivity index is 3.08. The van der Waals surface area contributed by atoms with E-state index in [4.69, 9.17) is 5.73 Å². The summed E-state index contributed by atoms with van der Waals surface area (Å²) >= 11 is 0. The summed E-state index contributed by atoms with van der Waals surface area (Å²) in [6.45, 7) is 8.01. The molecule has 1 heterocycles. The van der Waals surface area contributed by atoms with Gasteiger partial charge in [0.2, 0.25) is 0 Å². The van der Waals surface area contributed by atoms with Crippen LogP contribution in [0.3, 0.4) is 0 Å². The number of aromatic nitrogens is 3. The van der Waals surface area contributed by atoms with Crippen LogP contribution in [-0.4, -0.2) is 15.4 Å². The fourth-order valence-electron chi connectivity index (χ4n) is 1.12. The third-order valence-electron chi connectivity index (χ3n) is 1.73. The number of H-pyrrole nitrogens is 1. The molecule has 1 aromatic rings. The Morgan fingerprint density at radius 1 is 1.33 bits per heavy atom. The Labute approximate surface area is 72.5 Å². The fourth-order valence-corrected chi connectivity index (χ4v) is 1.12. The molecule has 0 aromatic carbocycles. The van der Waals surface area contributed by atoms with Crippen molar-refractivity contribution in [1.82, 2.24) is 15.4 Å². The summed E-state index contributed by atoms with van der Waals surface area (Å²) in [4.78, 5) is 0. The Morgan fingerprint density at radius 3 is 2.25 bits per heavy atom. The molecule has 4 heteroatoms. The molecule has 0 aliphatic carbocycles. The van der Waals surface area contributed by atoms with Crippen molar-refractivity contribution in [3.8, 4) is 0 Å². The molecule has 3 N–H and O–H groups in total. The van der Waals surface area contributed by atoms with Crippen LogP contribution in [0.4, 0.5) is 0 Å². The van der Waals surface area contributed by atoms with Gasteiger partial charge in [-0.05, 0) is 19.8 Å². The summed E-state index contributed by atoms with van der Waals surface area (Å²) in [5.74, 6) is 0.363. The van der Waals surface area contributed by atoms with Gasteiger partial charge in [-0.3, -0.25) is 0 Å². The third-order valence-corrected chi connectivity index (χ3v) is 1.73. The molecule has 0 radical (unpaired) electrons. The highest BCUT2D eigenvalue weighted by Gasteiger charge is 2.23. The van der Waals surface area contributed by atoms with E-state index in [0.29, 0.717) is 5.92 Å². The van der Waals surface area contributed by atoms with E-state index in [9.17, 15) is 0 Å². The van der Waals surface area contributed by atoms with Crippen molar-refractivity contribution in [3.63, 3.8) is 0 Å². The van der Waals surface area contributed by atoms with Gasteiger partial charge in [0, 0.05) is 0 Å². The van der Waals surface area contributed by atoms with Gasteiger partial charge in [0.25, 0.3) is 0 Å². The molecule has 0 aliphatic rings. The van der Waals surface area contributed by atoms with E-state index < -0.39 is 5.54 Å². The lowest BCUT2D eigenvalue weighted by Gasteiger charge is -2.17. The zero-order valence-electron chi connectivity index (χ0n) is 8.05. The molecule has 1 aromatic heterocycles. The summed E-state index contributed by atoms with van der Waals surface area (Å²) < 4.78 is 0. The molecule has 0 atom stereocenters. The lowest BCUT2D eigenvalue weighted by atomic mass is 9.96. The van der Waals surface area contributed by atoms with E-state index in [-0.39, 0.29) is 0 Å².